The summed E-state index contributed by atoms with van der Waals surface area (Å²) in [4.78, 5) is 21.9. The van der Waals surface area contributed by atoms with E-state index in [4.69, 9.17) is 15.3 Å². The van der Waals surface area contributed by atoms with Crippen LogP contribution in [0.4, 0.5) is 0 Å². The largest absolute Gasteiger partial charge is 0.478 e. The van der Waals surface area contributed by atoms with Crippen molar-refractivity contribution in [3.05, 3.63) is 70.8 Å². The van der Waals surface area contributed by atoms with Crippen LogP contribution in [-0.4, -0.2) is 69.0 Å². The number of aliphatic hydroxyl groups is 4. The van der Waals surface area contributed by atoms with Crippen molar-refractivity contribution in [1.82, 2.24) is 0 Å². The lowest BCUT2D eigenvalue weighted by molar-refractivity contribution is -0.0928. The summed E-state index contributed by atoms with van der Waals surface area (Å²) in [6.07, 6.45) is 1.94. The van der Waals surface area contributed by atoms with Crippen LogP contribution in [0.5, 0.6) is 0 Å². The van der Waals surface area contributed by atoms with Crippen molar-refractivity contribution in [3.63, 3.8) is 0 Å². The molecule has 0 amide bonds. The summed E-state index contributed by atoms with van der Waals surface area (Å²) in [7, 11) is 1.34. The van der Waals surface area contributed by atoms with E-state index >= 15 is 0 Å². The molecule has 2 aromatic rings. The number of rotatable bonds is 4. The molecular formula is C33H30O8. The molecule has 0 heterocycles. The van der Waals surface area contributed by atoms with E-state index in [1.165, 1.54) is 19.2 Å². The van der Waals surface area contributed by atoms with Gasteiger partial charge in [-0.3, -0.25) is 0 Å². The van der Waals surface area contributed by atoms with Gasteiger partial charge in [-0.25, -0.2) is 9.59 Å². The molecule has 0 unspecified atom stereocenters. The average Bonchev–Trinajstić information content (AvgIpc) is 2.95. The second-order valence-electron chi connectivity index (χ2n) is 9.97. The fraction of sp³-hybridized carbons (Fsp3) is 0.333. The van der Waals surface area contributed by atoms with Gasteiger partial charge in [-0.15, -0.1) is 0 Å². The molecule has 2 aromatic carbocycles. The maximum atomic E-state index is 11.3. The van der Waals surface area contributed by atoms with E-state index in [0.717, 1.165) is 5.56 Å². The number of aromatic carboxylic acids is 1. The Labute approximate surface area is 239 Å². The van der Waals surface area contributed by atoms with Crippen LogP contribution in [0, 0.1) is 59.2 Å². The third-order valence-corrected chi connectivity index (χ3v) is 6.62. The molecule has 0 aliphatic heterocycles. The Balaban J connectivity index is 0.000000226. The van der Waals surface area contributed by atoms with Crippen molar-refractivity contribution in [2.45, 2.75) is 36.9 Å². The van der Waals surface area contributed by atoms with Gasteiger partial charge in [0.05, 0.1) is 42.7 Å². The zero-order valence-corrected chi connectivity index (χ0v) is 22.5. The molecule has 210 valence electrons. The molecule has 4 rings (SSSR count). The summed E-state index contributed by atoms with van der Waals surface area (Å²) < 4.78 is 4.61. The Kier molecular flexibility index (Phi) is 10.7. The normalized spacial score (nSPS) is 23.2. The van der Waals surface area contributed by atoms with Crippen LogP contribution in [0.3, 0.4) is 0 Å². The van der Waals surface area contributed by atoms with Crippen LogP contribution < -0.4 is 0 Å². The Morgan fingerprint density at radius 2 is 1.12 bits per heavy atom. The van der Waals surface area contributed by atoms with Gasteiger partial charge in [0.15, 0.2) is 0 Å². The summed E-state index contributed by atoms with van der Waals surface area (Å²) >= 11 is 0. The molecule has 0 bridgehead atoms. The van der Waals surface area contributed by atoms with Crippen LogP contribution in [0.25, 0.3) is 0 Å². The smallest absolute Gasteiger partial charge is 0.337 e. The van der Waals surface area contributed by atoms with Crippen LogP contribution in [0.2, 0.25) is 0 Å². The minimum atomic E-state index is -0.967. The number of carbonyl (C=O) groups is 2. The molecule has 8 heteroatoms. The van der Waals surface area contributed by atoms with Crippen molar-refractivity contribution < 1.29 is 39.9 Å². The number of methoxy groups -OCH3 is 1. The number of carboxylic acid groups (broad SMARTS) is 1. The van der Waals surface area contributed by atoms with E-state index < -0.39 is 17.2 Å². The molecule has 41 heavy (non-hydrogen) atoms. The lowest BCUT2D eigenvalue weighted by atomic mass is 9.72. The van der Waals surface area contributed by atoms with Gasteiger partial charge in [-0.05, 0) is 97.9 Å². The Morgan fingerprint density at radius 1 is 0.732 bits per heavy atom. The molecule has 0 atom stereocenters. The van der Waals surface area contributed by atoms with Gasteiger partial charge in [0.1, 0.15) is 0 Å². The fourth-order valence-corrected chi connectivity index (χ4v) is 4.16. The second-order valence-corrected chi connectivity index (χ2v) is 9.97. The third-order valence-electron chi connectivity index (χ3n) is 6.62. The first-order valence-corrected chi connectivity index (χ1v) is 12.8. The van der Waals surface area contributed by atoms with Crippen LogP contribution >= 0.6 is 0 Å². The van der Waals surface area contributed by atoms with E-state index in [0.29, 0.717) is 36.8 Å². The molecule has 0 saturated heterocycles. The van der Waals surface area contributed by atoms with Gasteiger partial charge in [0, 0.05) is 23.0 Å². The third kappa shape index (κ3) is 9.26. The first-order chi connectivity index (χ1) is 19.6. The summed E-state index contributed by atoms with van der Waals surface area (Å²) in [6.45, 7) is -0.448. The number of aliphatic hydroxyl groups excluding tert-OH is 2. The quantitative estimate of drug-likeness (QED) is 0.285. The fourth-order valence-electron chi connectivity index (χ4n) is 4.16. The number of ether oxygens (including phenoxy) is 1. The number of esters is 1. The first-order valence-electron chi connectivity index (χ1n) is 12.8. The number of hydrogen-bond acceptors (Lipinski definition) is 7. The van der Waals surface area contributed by atoms with Gasteiger partial charge in [-0.2, -0.15) is 0 Å². The maximum absolute atomic E-state index is 11.3. The van der Waals surface area contributed by atoms with E-state index in [1.807, 2.05) is 0 Å². The van der Waals surface area contributed by atoms with Crippen molar-refractivity contribution in [2.24, 2.45) is 11.8 Å². The SMILES string of the molecule is COC(=O)c1ccc(C#CC#CC2CC(O)(CO)C2)cc1.O=C(O)c1ccc(C#CC#CC2CC(O)(CO)C2)cc1. The molecule has 2 fully saturated rings. The number of carbonyl (C=O) groups excluding carboxylic acids is 1. The van der Waals surface area contributed by atoms with Gasteiger partial charge < -0.3 is 30.3 Å². The summed E-state index contributed by atoms with van der Waals surface area (Å²) in [5.74, 6) is 21.3. The number of benzene rings is 2. The van der Waals surface area contributed by atoms with Crippen LogP contribution in [-0.2, 0) is 4.74 Å². The lowest BCUT2D eigenvalue weighted by Crippen LogP contribution is -2.46. The van der Waals surface area contributed by atoms with E-state index in [1.54, 1.807) is 36.4 Å². The van der Waals surface area contributed by atoms with Crippen molar-refractivity contribution >= 4 is 11.9 Å². The topological polar surface area (TPSA) is 145 Å². The van der Waals surface area contributed by atoms with E-state index in [2.05, 4.69) is 52.1 Å². The van der Waals surface area contributed by atoms with E-state index in [-0.39, 0.29) is 36.6 Å². The molecule has 0 aromatic heterocycles. The van der Waals surface area contributed by atoms with Crippen molar-refractivity contribution in [1.29, 1.82) is 0 Å². The minimum absolute atomic E-state index is 0.0795. The Hall–Kier alpha value is -4.54. The number of carboxylic acids is 1. The van der Waals surface area contributed by atoms with E-state index in [9.17, 15) is 19.8 Å². The predicted octanol–water partition coefficient (Wildman–Crippen LogP) is 1.83. The highest BCUT2D eigenvalue weighted by Crippen LogP contribution is 2.37. The molecule has 0 spiro atoms. The average molecular weight is 555 g/mol. The predicted molar refractivity (Wildman–Crippen MR) is 150 cm³/mol. The summed E-state index contributed by atoms with van der Waals surface area (Å²) in [6, 6.07) is 13.0. The highest BCUT2D eigenvalue weighted by atomic mass is 16.5. The van der Waals surface area contributed by atoms with Crippen molar-refractivity contribution in [3.8, 4) is 47.4 Å². The standard InChI is InChI=1S/C17H16O4.C16H14O4/c1-21-16(19)15-8-6-13(7-9-15)4-2-3-5-14-10-17(20,11-14)12-18;17-11-16(20)9-13(10-16)4-2-1-3-12-5-7-14(8-6-12)15(18)19/h6-9,14,18,20H,10-12H2,1H3;5-8,13,17,20H,9-11H2,(H,18,19). The summed E-state index contributed by atoms with van der Waals surface area (Å²) in [5.41, 5.74) is 0.254. The molecule has 2 aliphatic rings. The molecule has 2 aliphatic carbocycles. The summed E-state index contributed by atoms with van der Waals surface area (Å²) in [5, 5.41) is 45.7. The van der Waals surface area contributed by atoms with Gasteiger partial charge in [0.25, 0.3) is 0 Å². The zero-order valence-electron chi connectivity index (χ0n) is 22.5. The second kappa shape index (κ2) is 14.2. The minimum Gasteiger partial charge on any atom is -0.478 e. The van der Waals surface area contributed by atoms with Gasteiger partial charge >= 0.3 is 11.9 Å². The molecule has 0 radical (unpaired) electrons. The molecule has 5 N–H and O–H groups in total. The van der Waals surface area contributed by atoms with Gasteiger partial charge in [0.2, 0.25) is 0 Å². The van der Waals surface area contributed by atoms with Gasteiger partial charge in [-0.1, -0.05) is 23.7 Å². The highest BCUT2D eigenvalue weighted by Gasteiger charge is 2.41. The lowest BCUT2D eigenvalue weighted by Gasteiger charge is -2.39. The number of hydrogen-bond donors (Lipinski definition) is 5. The van der Waals surface area contributed by atoms with Crippen molar-refractivity contribution in [2.75, 3.05) is 20.3 Å². The van der Waals surface area contributed by atoms with Crippen LogP contribution in [0.1, 0.15) is 57.5 Å². The monoisotopic (exact) mass is 554 g/mol. The zero-order chi connectivity index (χ0) is 29.9. The molecular weight excluding hydrogens is 524 g/mol. The Bertz CT molecular complexity index is 1480. The highest BCUT2D eigenvalue weighted by molar-refractivity contribution is 5.89. The van der Waals surface area contributed by atoms with Crippen LogP contribution in [0.15, 0.2) is 48.5 Å². The molecule has 2 saturated carbocycles. The molecule has 8 nitrogen and oxygen atoms in total. The Morgan fingerprint density at radius 3 is 1.46 bits per heavy atom. The first kappa shape index (κ1) is 31.0. The maximum Gasteiger partial charge on any atom is 0.337 e.